The summed E-state index contributed by atoms with van der Waals surface area (Å²) in [6.45, 7) is 0.121. The molecular formula is C26H24N2O2. The maximum Gasteiger partial charge on any atom is 0.315 e. The number of amides is 2. The highest BCUT2D eigenvalue weighted by atomic mass is 16.3. The first-order valence-electron chi connectivity index (χ1n) is 10.0. The van der Waals surface area contributed by atoms with E-state index in [1.807, 2.05) is 103 Å². The third-order valence-electron chi connectivity index (χ3n) is 5.18. The van der Waals surface area contributed by atoms with Gasteiger partial charge in [-0.1, -0.05) is 103 Å². The molecule has 4 heteroatoms. The Bertz CT molecular complexity index is 1070. The highest BCUT2D eigenvalue weighted by Crippen LogP contribution is 2.24. The zero-order valence-electron chi connectivity index (χ0n) is 16.5. The van der Waals surface area contributed by atoms with E-state index in [0.717, 1.165) is 27.5 Å². The number of aliphatic hydroxyl groups excluding tert-OH is 1. The van der Waals surface area contributed by atoms with E-state index in [9.17, 15) is 9.90 Å². The Balaban J connectivity index is 1.46. The molecule has 0 fully saturated rings. The molecule has 4 nitrogen and oxygen atoms in total. The van der Waals surface area contributed by atoms with Crippen LogP contribution in [0.4, 0.5) is 4.79 Å². The predicted octanol–water partition coefficient (Wildman–Crippen LogP) is 4.96. The summed E-state index contributed by atoms with van der Waals surface area (Å²) < 4.78 is 0. The lowest BCUT2D eigenvalue weighted by molar-refractivity contribution is 0.174. The lowest BCUT2D eigenvalue weighted by Crippen LogP contribution is -2.40. The Hall–Kier alpha value is -3.63. The van der Waals surface area contributed by atoms with Gasteiger partial charge in [-0.25, -0.2) is 4.79 Å². The predicted molar refractivity (Wildman–Crippen MR) is 120 cm³/mol. The molecule has 0 unspecified atom stereocenters. The summed E-state index contributed by atoms with van der Waals surface area (Å²) in [5.41, 5.74) is 2.79. The van der Waals surface area contributed by atoms with Crippen molar-refractivity contribution >= 4 is 16.8 Å². The lowest BCUT2D eigenvalue weighted by Gasteiger charge is -2.21. The van der Waals surface area contributed by atoms with Gasteiger partial charge in [-0.2, -0.15) is 0 Å². The Kier molecular flexibility index (Phi) is 6.06. The van der Waals surface area contributed by atoms with Gasteiger partial charge in [0.15, 0.2) is 0 Å². The minimum atomic E-state index is -0.797. The molecule has 0 radical (unpaired) electrons. The summed E-state index contributed by atoms with van der Waals surface area (Å²) in [6, 6.07) is 32.8. The zero-order valence-corrected chi connectivity index (χ0v) is 16.5. The van der Waals surface area contributed by atoms with Gasteiger partial charge in [-0.3, -0.25) is 0 Å². The van der Waals surface area contributed by atoms with Crippen LogP contribution in [-0.2, 0) is 0 Å². The van der Waals surface area contributed by atoms with Crippen LogP contribution in [0.15, 0.2) is 103 Å². The van der Waals surface area contributed by atoms with E-state index in [2.05, 4.69) is 10.6 Å². The van der Waals surface area contributed by atoms with Gasteiger partial charge in [0, 0.05) is 6.54 Å². The summed E-state index contributed by atoms with van der Waals surface area (Å²) in [5, 5.41) is 18.6. The van der Waals surface area contributed by atoms with Crippen molar-refractivity contribution in [1.29, 1.82) is 0 Å². The van der Waals surface area contributed by atoms with Crippen molar-refractivity contribution in [3.8, 4) is 0 Å². The van der Waals surface area contributed by atoms with Gasteiger partial charge < -0.3 is 15.7 Å². The molecule has 0 heterocycles. The van der Waals surface area contributed by atoms with Crippen molar-refractivity contribution in [2.75, 3.05) is 6.54 Å². The van der Waals surface area contributed by atoms with Gasteiger partial charge in [-0.05, 0) is 27.5 Å². The first kappa shape index (κ1) is 19.7. The van der Waals surface area contributed by atoms with Gasteiger partial charge in [0.25, 0.3) is 0 Å². The molecule has 0 aromatic heterocycles. The summed E-state index contributed by atoms with van der Waals surface area (Å²) in [5.74, 6) is 0. The van der Waals surface area contributed by atoms with Crippen LogP contribution in [0, 0.1) is 0 Å². The van der Waals surface area contributed by atoms with E-state index in [0.29, 0.717) is 0 Å². The van der Waals surface area contributed by atoms with E-state index < -0.39 is 6.10 Å². The van der Waals surface area contributed by atoms with E-state index >= 15 is 0 Å². The standard InChI is InChI=1S/C26H24N2O2/c29-24(23-17-9-15-19-10-7-8-16-22(19)23)18-27-26(30)28-25(20-11-3-1-4-12-20)21-13-5-2-6-14-21/h1-17,24-25,29H,18H2,(H2,27,28,30)/t24-/m0/s1. The van der Waals surface area contributed by atoms with Crippen molar-refractivity contribution < 1.29 is 9.90 Å². The Morgan fingerprint density at radius 1 is 0.733 bits per heavy atom. The van der Waals surface area contributed by atoms with E-state index in [4.69, 9.17) is 0 Å². The van der Waals surface area contributed by atoms with Crippen molar-refractivity contribution in [3.63, 3.8) is 0 Å². The average Bonchev–Trinajstić information content (AvgIpc) is 2.81. The second-order valence-electron chi connectivity index (χ2n) is 7.19. The minimum Gasteiger partial charge on any atom is -0.387 e. The number of benzene rings is 4. The molecule has 1 atom stereocenters. The molecule has 4 rings (SSSR count). The molecule has 150 valence electrons. The number of fused-ring (bicyclic) bond motifs is 1. The Morgan fingerprint density at radius 3 is 1.97 bits per heavy atom. The topological polar surface area (TPSA) is 61.4 Å². The van der Waals surface area contributed by atoms with Crippen LogP contribution in [0.25, 0.3) is 10.8 Å². The number of aliphatic hydroxyl groups is 1. The fraction of sp³-hybridized carbons (Fsp3) is 0.115. The van der Waals surface area contributed by atoms with E-state index in [1.165, 1.54) is 0 Å². The number of urea groups is 1. The molecule has 0 aliphatic carbocycles. The summed E-state index contributed by atoms with van der Waals surface area (Å²) in [4.78, 5) is 12.7. The van der Waals surface area contributed by atoms with Crippen LogP contribution >= 0.6 is 0 Å². The quantitative estimate of drug-likeness (QED) is 0.431. The van der Waals surface area contributed by atoms with Crippen molar-refractivity contribution in [3.05, 3.63) is 120 Å². The molecule has 0 aliphatic rings. The largest absolute Gasteiger partial charge is 0.387 e. The van der Waals surface area contributed by atoms with Gasteiger partial charge in [-0.15, -0.1) is 0 Å². The fourth-order valence-corrected chi connectivity index (χ4v) is 3.67. The first-order chi connectivity index (χ1) is 14.7. The number of nitrogens with one attached hydrogen (secondary N) is 2. The SMILES string of the molecule is O=C(NC[C@H](O)c1cccc2ccccc12)NC(c1ccccc1)c1ccccc1. The zero-order chi connectivity index (χ0) is 20.8. The highest BCUT2D eigenvalue weighted by molar-refractivity contribution is 5.86. The number of hydrogen-bond donors (Lipinski definition) is 3. The number of hydrogen-bond acceptors (Lipinski definition) is 2. The highest BCUT2D eigenvalue weighted by Gasteiger charge is 2.18. The smallest absolute Gasteiger partial charge is 0.315 e. The molecule has 2 amide bonds. The van der Waals surface area contributed by atoms with Crippen molar-refractivity contribution in [2.24, 2.45) is 0 Å². The number of carbonyl (C=O) groups is 1. The Morgan fingerprint density at radius 2 is 1.30 bits per heavy atom. The maximum atomic E-state index is 12.7. The lowest BCUT2D eigenvalue weighted by atomic mass is 9.99. The molecule has 30 heavy (non-hydrogen) atoms. The third-order valence-corrected chi connectivity index (χ3v) is 5.18. The van der Waals surface area contributed by atoms with Crippen LogP contribution in [-0.4, -0.2) is 17.7 Å². The molecule has 4 aromatic rings. The fourth-order valence-electron chi connectivity index (χ4n) is 3.67. The molecule has 0 saturated carbocycles. The monoisotopic (exact) mass is 396 g/mol. The molecule has 0 spiro atoms. The van der Waals surface area contributed by atoms with Crippen LogP contribution in [0.2, 0.25) is 0 Å². The van der Waals surface area contributed by atoms with Gasteiger partial charge in [0.05, 0.1) is 12.1 Å². The van der Waals surface area contributed by atoms with Crippen LogP contribution in [0.3, 0.4) is 0 Å². The second-order valence-corrected chi connectivity index (χ2v) is 7.19. The van der Waals surface area contributed by atoms with Gasteiger partial charge in [0.2, 0.25) is 0 Å². The van der Waals surface area contributed by atoms with E-state index in [-0.39, 0.29) is 18.6 Å². The molecular weight excluding hydrogens is 372 g/mol. The summed E-state index contributed by atoms with van der Waals surface area (Å²) in [7, 11) is 0. The normalized spacial score (nSPS) is 11.9. The molecule has 3 N–H and O–H groups in total. The first-order valence-corrected chi connectivity index (χ1v) is 10.0. The van der Waals surface area contributed by atoms with E-state index in [1.54, 1.807) is 0 Å². The van der Waals surface area contributed by atoms with Crippen molar-refractivity contribution in [1.82, 2.24) is 10.6 Å². The van der Waals surface area contributed by atoms with Crippen molar-refractivity contribution in [2.45, 2.75) is 12.1 Å². The maximum absolute atomic E-state index is 12.7. The Labute approximate surface area is 176 Å². The van der Waals surface area contributed by atoms with Crippen LogP contribution in [0.1, 0.15) is 28.8 Å². The number of rotatable bonds is 6. The van der Waals surface area contributed by atoms with Gasteiger partial charge in [0.1, 0.15) is 0 Å². The molecule has 0 aliphatic heterocycles. The molecule has 0 saturated heterocycles. The van der Waals surface area contributed by atoms with Crippen LogP contribution in [0.5, 0.6) is 0 Å². The number of carbonyl (C=O) groups excluding carboxylic acids is 1. The second kappa shape index (κ2) is 9.25. The minimum absolute atomic E-state index is 0.121. The molecule has 4 aromatic carbocycles. The average molecular weight is 396 g/mol. The third kappa shape index (κ3) is 4.50. The van der Waals surface area contributed by atoms with Gasteiger partial charge >= 0.3 is 6.03 Å². The molecule has 0 bridgehead atoms. The summed E-state index contributed by atoms with van der Waals surface area (Å²) in [6.07, 6.45) is -0.797. The van der Waals surface area contributed by atoms with Crippen LogP contribution < -0.4 is 10.6 Å². The summed E-state index contributed by atoms with van der Waals surface area (Å²) >= 11 is 0.